The number of rotatable bonds is 4. The zero-order valence-corrected chi connectivity index (χ0v) is 12.1. The summed E-state index contributed by atoms with van der Waals surface area (Å²) in [5.41, 5.74) is 0.929. The second kappa shape index (κ2) is 6.70. The number of carboxylic acids is 1. The Morgan fingerprint density at radius 1 is 1.33 bits per heavy atom. The minimum Gasteiger partial charge on any atom is -0.481 e. The number of carbonyl (C=O) groups is 2. The highest BCUT2D eigenvalue weighted by Gasteiger charge is 2.32. The fourth-order valence-corrected chi connectivity index (χ4v) is 2.80. The molecule has 0 spiro atoms. The van der Waals surface area contributed by atoms with Crippen molar-refractivity contribution in [3.8, 4) is 0 Å². The molecule has 2 rings (SSSR count). The van der Waals surface area contributed by atoms with Gasteiger partial charge in [-0.1, -0.05) is 19.1 Å². The van der Waals surface area contributed by atoms with E-state index < -0.39 is 5.97 Å². The number of hydrogen-bond donors (Lipinski definition) is 1. The van der Waals surface area contributed by atoms with Gasteiger partial charge in [-0.25, -0.2) is 4.39 Å². The predicted octanol–water partition coefficient (Wildman–Crippen LogP) is 2.33. The SMILES string of the molecule is CC1CN(C(=O)CCc2ccc(F)cc2)CCC1C(=O)O. The lowest BCUT2D eigenvalue weighted by atomic mass is 9.87. The van der Waals surface area contributed by atoms with Gasteiger partial charge in [0.15, 0.2) is 0 Å². The van der Waals surface area contributed by atoms with Crippen molar-refractivity contribution in [2.75, 3.05) is 13.1 Å². The maximum absolute atomic E-state index is 12.8. The number of aryl methyl sites for hydroxylation is 1. The van der Waals surface area contributed by atoms with Gasteiger partial charge < -0.3 is 10.0 Å². The molecular formula is C16H20FNO3. The lowest BCUT2D eigenvalue weighted by molar-refractivity contribution is -0.148. The van der Waals surface area contributed by atoms with Crippen LogP contribution in [0.2, 0.25) is 0 Å². The first-order valence-corrected chi connectivity index (χ1v) is 7.22. The fraction of sp³-hybridized carbons (Fsp3) is 0.500. The van der Waals surface area contributed by atoms with Gasteiger partial charge in [-0.15, -0.1) is 0 Å². The van der Waals surface area contributed by atoms with Crippen LogP contribution in [-0.2, 0) is 16.0 Å². The Kier molecular flexibility index (Phi) is 4.94. The van der Waals surface area contributed by atoms with Crippen LogP contribution in [0.3, 0.4) is 0 Å². The van der Waals surface area contributed by atoms with Crippen molar-refractivity contribution in [1.82, 2.24) is 4.90 Å². The van der Waals surface area contributed by atoms with Crippen LogP contribution in [0.5, 0.6) is 0 Å². The van der Waals surface area contributed by atoms with Crippen LogP contribution in [-0.4, -0.2) is 35.0 Å². The minimum absolute atomic E-state index is 0.0222. The Morgan fingerprint density at radius 3 is 2.57 bits per heavy atom. The number of nitrogens with zero attached hydrogens (tertiary/aromatic N) is 1. The van der Waals surface area contributed by atoms with Gasteiger partial charge in [-0.2, -0.15) is 0 Å². The Hall–Kier alpha value is -1.91. The Labute approximate surface area is 123 Å². The van der Waals surface area contributed by atoms with Crippen LogP contribution >= 0.6 is 0 Å². The lowest BCUT2D eigenvalue weighted by Crippen LogP contribution is -2.45. The summed E-state index contributed by atoms with van der Waals surface area (Å²) >= 11 is 0. The van der Waals surface area contributed by atoms with E-state index in [0.29, 0.717) is 32.4 Å². The third-order valence-electron chi connectivity index (χ3n) is 4.12. The van der Waals surface area contributed by atoms with E-state index in [2.05, 4.69) is 0 Å². The zero-order valence-electron chi connectivity index (χ0n) is 12.1. The molecule has 1 N–H and O–H groups in total. The first-order valence-electron chi connectivity index (χ1n) is 7.22. The first kappa shape index (κ1) is 15.5. The Bertz CT molecular complexity index is 515. The van der Waals surface area contributed by atoms with Gasteiger partial charge >= 0.3 is 5.97 Å². The summed E-state index contributed by atoms with van der Waals surface area (Å²) in [6, 6.07) is 6.14. The molecule has 2 atom stereocenters. The molecule has 1 aliphatic rings. The van der Waals surface area contributed by atoms with E-state index in [0.717, 1.165) is 5.56 Å². The molecule has 21 heavy (non-hydrogen) atoms. The van der Waals surface area contributed by atoms with Gasteiger partial charge in [0, 0.05) is 19.5 Å². The first-order chi connectivity index (χ1) is 9.97. The molecule has 114 valence electrons. The molecular weight excluding hydrogens is 273 g/mol. The molecule has 2 unspecified atom stereocenters. The number of halogens is 1. The number of carbonyl (C=O) groups excluding carboxylic acids is 1. The monoisotopic (exact) mass is 293 g/mol. The fourth-order valence-electron chi connectivity index (χ4n) is 2.80. The highest BCUT2D eigenvalue weighted by atomic mass is 19.1. The average Bonchev–Trinajstić information content (AvgIpc) is 2.45. The normalized spacial score (nSPS) is 22.1. The van der Waals surface area contributed by atoms with E-state index >= 15 is 0 Å². The molecule has 1 aromatic carbocycles. The molecule has 0 saturated carbocycles. The van der Waals surface area contributed by atoms with Crippen LogP contribution in [0.4, 0.5) is 4.39 Å². The highest BCUT2D eigenvalue weighted by Crippen LogP contribution is 2.24. The van der Waals surface area contributed by atoms with E-state index in [9.17, 15) is 14.0 Å². The largest absolute Gasteiger partial charge is 0.481 e. The summed E-state index contributed by atoms with van der Waals surface area (Å²) in [6.45, 7) is 2.88. The molecule has 1 fully saturated rings. The van der Waals surface area contributed by atoms with Crippen molar-refractivity contribution in [2.45, 2.75) is 26.2 Å². The quantitative estimate of drug-likeness (QED) is 0.927. The molecule has 5 heteroatoms. The van der Waals surface area contributed by atoms with Crippen LogP contribution in [0.1, 0.15) is 25.3 Å². The van der Waals surface area contributed by atoms with Crippen molar-refractivity contribution in [1.29, 1.82) is 0 Å². The van der Waals surface area contributed by atoms with Crippen LogP contribution < -0.4 is 0 Å². The van der Waals surface area contributed by atoms with Crippen molar-refractivity contribution in [3.05, 3.63) is 35.6 Å². The highest BCUT2D eigenvalue weighted by molar-refractivity contribution is 5.77. The summed E-state index contributed by atoms with van der Waals surface area (Å²) in [5, 5.41) is 9.07. The molecule has 4 nitrogen and oxygen atoms in total. The van der Waals surface area contributed by atoms with Gasteiger partial charge in [0.05, 0.1) is 5.92 Å². The van der Waals surface area contributed by atoms with Crippen molar-refractivity contribution < 1.29 is 19.1 Å². The van der Waals surface area contributed by atoms with Crippen molar-refractivity contribution >= 4 is 11.9 Å². The number of likely N-dealkylation sites (tertiary alicyclic amines) is 1. The summed E-state index contributed by atoms with van der Waals surface area (Å²) in [6.07, 6.45) is 1.46. The van der Waals surface area contributed by atoms with Gasteiger partial charge in [0.25, 0.3) is 0 Å². The molecule has 0 bridgehead atoms. The van der Waals surface area contributed by atoms with Gasteiger partial charge in [0.1, 0.15) is 5.82 Å². The minimum atomic E-state index is -0.777. The molecule has 1 amide bonds. The topological polar surface area (TPSA) is 57.6 Å². The number of piperidine rings is 1. The second-order valence-corrected chi connectivity index (χ2v) is 5.68. The Balaban J connectivity index is 1.84. The second-order valence-electron chi connectivity index (χ2n) is 5.68. The molecule has 0 aromatic heterocycles. The van der Waals surface area contributed by atoms with Crippen molar-refractivity contribution in [3.63, 3.8) is 0 Å². The maximum atomic E-state index is 12.8. The third-order valence-corrected chi connectivity index (χ3v) is 4.12. The number of carboxylic acid groups (broad SMARTS) is 1. The summed E-state index contributed by atoms with van der Waals surface area (Å²) in [5.74, 6) is -1.40. The molecule has 1 aliphatic heterocycles. The van der Waals surface area contributed by atoms with Crippen molar-refractivity contribution in [2.24, 2.45) is 11.8 Å². The molecule has 0 radical (unpaired) electrons. The van der Waals surface area contributed by atoms with Crippen LogP contribution in [0.15, 0.2) is 24.3 Å². The standard InChI is InChI=1S/C16H20FNO3/c1-11-10-18(9-8-14(11)16(20)21)15(19)7-4-12-2-5-13(17)6-3-12/h2-3,5-6,11,14H,4,7-10H2,1H3,(H,20,21). The third kappa shape index (κ3) is 4.03. The predicted molar refractivity (Wildman–Crippen MR) is 76.2 cm³/mol. The number of amides is 1. The van der Waals surface area contributed by atoms with Gasteiger partial charge in [0.2, 0.25) is 5.91 Å². The van der Waals surface area contributed by atoms with Gasteiger partial charge in [-0.05, 0) is 36.5 Å². The maximum Gasteiger partial charge on any atom is 0.306 e. The van der Waals surface area contributed by atoms with E-state index in [-0.39, 0.29) is 23.6 Å². The van der Waals surface area contributed by atoms with Crippen LogP contribution in [0.25, 0.3) is 0 Å². The number of aliphatic carboxylic acids is 1. The smallest absolute Gasteiger partial charge is 0.306 e. The number of benzene rings is 1. The molecule has 1 saturated heterocycles. The van der Waals surface area contributed by atoms with E-state index in [1.807, 2.05) is 6.92 Å². The summed E-state index contributed by atoms with van der Waals surface area (Å²) in [7, 11) is 0. The van der Waals surface area contributed by atoms with E-state index in [1.165, 1.54) is 12.1 Å². The number of hydrogen-bond acceptors (Lipinski definition) is 2. The molecule has 0 aliphatic carbocycles. The van der Waals surface area contributed by atoms with Gasteiger partial charge in [-0.3, -0.25) is 9.59 Å². The lowest BCUT2D eigenvalue weighted by Gasteiger charge is -2.35. The van der Waals surface area contributed by atoms with E-state index in [4.69, 9.17) is 5.11 Å². The summed E-state index contributed by atoms with van der Waals surface area (Å²) in [4.78, 5) is 25.0. The van der Waals surface area contributed by atoms with E-state index in [1.54, 1.807) is 17.0 Å². The zero-order chi connectivity index (χ0) is 15.4. The Morgan fingerprint density at radius 2 is 2.00 bits per heavy atom. The molecule has 1 heterocycles. The summed E-state index contributed by atoms with van der Waals surface area (Å²) < 4.78 is 12.8. The van der Waals surface area contributed by atoms with Crippen LogP contribution in [0, 0.1) is 17.7 Å². The average molecular weight is 293 g/mol. The molecule has 1 aromatic rings.